The molecule has 156 valence electrons. The third-order valence-electron chi connectivity index (χ3n) is 4.08. The van der Waals surface area contributed by atoms with Gasteiger partial charge in [-0.15, -0.1) is 0 Å². The van der Waals surface area contributed by atoms with Crippen LogP contribution in [0.4, 0.5) is 0 Å². The monoisotopic (exact) mass is 458 g/mol. The van der Waals surface area contributed by atoms with Gasteiger partial charge in [0, 0.05) is 11.6 Å². The van der Waals surface area contributed by atoms with E-state index in [4.69, 9.17) is 28.3 Å². The van der Waals surface area contributed by atoms with Gasteiger partial charge in [0.05, 0.1) is 15.5 Å². The van der Waals surface area contributed by atoms with Gasteiger partial charge in [0.15, 0.2) is 0 Å². The van der Waals surface area contributed by atoms with E-state index in [0.717, 1.165) is 0 Å². The highest BCUT2D eigenvalue weighted by Gasteiger charge is 2.27. The predicted molar refractivity (Wildman–Crippen MR) is 111 cm³/mol. The van der Waals surface area contributed by atoms with Gasteiger partial charge in [0.25, 0.3) is 5.91 Å². The van der Waals surface area contributed by atoms with Crippen LogP contribution in [0.25, 0.3) is 0 Å². The highest BCUT2D eigenvalue weighted by atomic mass is 35.5. The van der Waals surface area contributed by atoms with Gasteiger partial charge in [-0.25, -0.2) is 8.42 Å². The Kier molecular flexibility index (Phi) is 7.65. The summed E-state index contributed by atoms with van der Waals surface area (Å²) >= 11 is 11.8. The van der Waals surface area contributed by atoms with Crippen LogP contribution < -0.4 is 10.0 Å². The van der Waals surface area contributed by atoms with Gasteiger partial charge in [-0.2, -0.15) is 4.72 Å². The van der Waals surface area contributed by atoms with Gasteiger partial charge < -0.3 is 10.4 Å². The summed E-state index contributed by atoms with van der Waals surface area (Å²) in [5, 5.41) is 12.5. The minimum absolute atomic E-state index is 0.0692. The number of rotatable bonds is 8. The molecule has 1 atom stereocenters. The van der Waals surface area contributed by atoms with E-state index in [1.165, 1.54) is 36.4 Å². The SMILES string of the molecule is CC(C)C(NS(=O)(=O)c1ccc(CNC(=O)c2ccc(Cl)cc2Cl)cc1)C(=O)O. The van der Waals surface area contributed by atoms with Crippen LogP contribution in [0.15, 0.2) is 47.4 Å². The number of halogens is 2. The lowest BCUT2D eigenvalue weighted by atomic mass is 10.1. The number of carboxylic acids is 1. The van der Waals surface area contributed by atoms with E-state index in [9.17, 15) is 18.0 Å². The van der Waals surface area contributed by atoms with E-state index in [-0.39, 0.29) is 22.0 Å². The molecule has 0 aliphatic rings. The van der Waals surface area contributed by atoms with Crippen molar-refractivity contribution in [3.8, 4) is 0 Å². The molecule has 0 heterocycles. The summed E-state index contributed by atoms with van der Waals surface area (Å²) in [6.45, 7) is 3.37. The molecule has 2 aromatic carbocycles. The first-order valence-corrected chi connectivity index (χ1v) is 10.8. The number of nitrogens with one attached hydrogen (secondary N) is 2. The lowest BCUT2D eigenvalue weighted by molar-refractivity contribution is -0.140. The third kappa shape index (κ3) is 6.17. The lowest BCUT2D eigenvalue weighted by Gasteiger charge is -2.18. The van der Waals surface area contributed by atoms with Crippen molar-refractivity contribution in [1.29, 1.82) is 0 Å². The summed E-state index contributed by atoms with van der Waals surface area (Å²) < 4.78 is 27.0. The fraction of sp³-hybridized carbons (Fsp3) is 0.263. The second kappa shape index (κ2) is 9.58. The van der Waals surface area contributed by atoms with E-state index >= 15 is 0 Å². The fourth-order valence-corrected chi connectivity index (χ4v) is 4.28. The van der Waals surface area contributed by atoms with Crippen LogP contribution >= 0.6 is 23.2 Å². The van der Waals surface area contributed by atoms with Gasteiger partial charge in [0.2, 0.25) is 10.0 Å². The number of sulfonamides is 1. The van der Waals surface area contributed by atoms with Crippen molar-refractivity contribution in [2.75, 3.05) is 0 Å². The zero-order chi connectivity index (χ0) is 21.8. The Labute approximate surface area is 179 Å². The fourth-order valence-electron chi connectivity index (χ4n) is 2.44. The number of hydrogen-bond acceptors (Lipinski definition) is 4. The van der Waals surface area contributed by atoms with Crippen molar-refractivity contribution in [3.63, 3.8) is 0 Å². The topological polar surface area (TPSA) is 113 Å². The first-order valence-electron chi connectivity index (χ1n) is 8.58. The number of carbonyl (C=O) groups is 2. The Morgan fingerprint density at radius 1 is 1.07 bits per heavy atom. The molecule has 29 heavy (non-hydrogen) atoms. The van der Waals surface area contributed by atoms with Crippen molar-refractivity contribution in [2.45, 2.75) is 31.3 Å². The zero-order valence-electron chi connectivity index (χ0n) is 15.6. The number of carboxylic acid groups (broad SMARTS) is 1. The molecular weight excluding hydrogens is 439 g/mol. The van der Waals surface area contributed by atoms with Gasteiger partial charge >= 0.3 is 5.97 Å². The average molecular weight is 459 g/mol. The summed E-state index contributed by atoms with van der Waals surface area (Å²) in [6, 6.07) is 9.05. The standard InChI is InChI=1S/C19H20Cl2N2O5S/c1-11(2)17(19(25)26)23-29(27,28)14-6-3-12(4-7-14)10-22-18(24)15-8-5-13(20)9-16(15)21/h3-9,11,17,23H,10H2,1-2H3,(H,22,24)(H,25,26). The molecule has 1 amide bonds. The third-order valence-corrected chi connectivity index (χ3v) is 6.08. The smallest absolute Gasteiger partial charge is 0.322 e. The molecule has 0 aromatic heterocycles. The van der Waals surface area contributed by atoms with E-state index in [2.05, 4.69) is 10.0 Å². The Bertz CT molecular complexity index is 1010. The van der Waals surface area contributed by atoms with Gasteiger partial charge in [0.1, 0.15) is 6.04 Å². The summed E-state index contributed by atoms with van der Waals surface area (Å²) in [4.78, 5) is 23.4. The molecule has 0 radical (unpaired) electrons. The van der Waals surface area contributed by atoms with Crippen LogP contribution in [0, 0.1) is 5.92 Å². The largest absolute Gasteiger partial charge is 0.480 e. The minimum Gasteiger partial charge on any atom is -0.480 e. The maximum Gasteiger partial charge on any atom is 0.322 e. The van der Waals surface area contributed by atoms with Gasteiger partial charge in [-0.1, -0.05) is 49.2 Å². The second-order valence-corrected chi connectivity index (χ2v) is 9.19. The maximum atomic E-state index is 12.4. The van der Waals surface area contributed by atoms with Crippen LogP contribution in [-0.4, -0.2) is 31.4 Å². The van der Waals surface area contributed by atoms with E-state index in [1.54, 1.807) is 19.9 Å². The summed E-state index contributed by atoms with van der Waals surface area (Å²) in [5.74, 6) is -2.06. The number of hydrogen-bond donors (Lipinski definition) is 3. The Morgan fingerprint density at radius 3 is 2.21 bits per heavy atom. The van der Waals surface area contributed by atoms with Crippen LogP contribution in [-0.2, 0) is 21.4 Å². The highest BCUT2D eigenvalue weighted by Crippen LogP contribution is 2.21. The first-order chi connectivity index (χ1) is 13.5. The molecule has 7 nitrogen and oxygen atoms in total. The van der Waals surface area contributed by atoms with Crippen molar-refractivity contribution >= 4 is 45.1 Å². The summed E-state index contributed by atoms with van der Waals surface area (Å²) in [7, 11) is -4.00. The molecule has 1 unspecified atom stereocenters. The molecule has 2 aromatic rings. The predicted octanol–water partition coefficient (Wildman–Crippen LogP) is 3.31. The minimum atomic E-state index is -4.00. The van der Waals surface area contributed by atoms with E-state index < -0.39 is 33.9 Å². The molecular formula is C19H20Cl2N2O5S. The van der Waals surface area contributed by atoms with Crippen LogP contribution in [0.2, 0.25) is 10.0 Å². The molecule has 0 aliphatic heterocycles. The number of aliphatic carboxylic acids is 1. The number of amides is 1. The molecule has 0 saturated carbocycles. The van der Waals surface area contributed by atoms with Crippen molar-refractivity contribution in [3.05, 3.63) is 63.6 Å². The lowest BCUT2D eigenvalue weighted by Crippen LogP contribution is -2.44. The van der Waals surface area contributed by atoms with Crippen molar-refractivity contribution in [2.24, 2.45) is 5.92 Å². The Morgan fingerprint density at radius 2 is 1.69 bits per heavy atom. The van der Waals surface area contributed by atoms with E-state index in [1.807, 2.05) is 0 Å². The average Bonchev–Trinajstić information content (AvgIpc) is 2.64. The number of benzene rings is 2. The van der Waals surface area contributed by atoms with Crippen molar-refractivity contribution in [1.82, 2.24) is 10.0 Å². The van der Waals surface area contributed by atoms with Gasteiger partial charge in [-0.05, 0) is 41.8 Å². The molecule has 10 heteroatoms. The summed E-state index contributed by atoms with van der Waals surface area (Å²) in [5.41, 5.74) is 0.925. The zero-order valence-corrected chi connectivity index (χ0v) is 18.0. The van der Waals surface area contributed by atoms with Crippen LogP contribution in [0.5, 0.6) is 0 Å². The van der Waals surface area contributed by atoms with Crippen LogP contribution in [0.3, 0.4) is 0 Å². The first kappa shape index (κ1) is 23.2. The van der Waals surface area contributed by atoms with Gasteiger partial charge in [-0.3, -0.25) is 9.59 Å². The Hall–Kier alpha value is -2.13. The van der Waals surface area contributed by atoms with Crippen LogP contribution in [0.1, 0.15) is 29.8 Å². The molecule has 0 fully saturated rings. The maximum absolute atomic E-state index is 12.4. The molecule has 3 N–H and O–H groups in total. The molecule has 0 bridgehead atoms. The van der Waals surface area contributed by atoms with Crippen molar-refractivity contribution < 1.29 is 23.1 Å². The molecule has 0 aliphatic carbocycles. The normalized spacial score (nSPS) is 12.6. The molecule has 0 saturated heterocycles. The highest BCUT2D eigenvalue weighted by molar-refractivity contribution is 7.89. The second-order valence-electron chi connectivity index (χ2n) is 6.63. The molecule has 2 rings (SSSR count). The molecule has 0 spiro atoms. The van der Waals surface area contributed by atoms with E-state index in [0.29, 0.717) is 10.6 Å². The Balaban J connectivity index is 2.06. The number of carbonyl (C=O) groups excluding carboxylic acids is 1. The summed E-state index contributed by atoms with van der Waals surface area (Å²) in [6.07, 6.45) is 0. The quantitative estimate of drug-likeness (QED) is 0.561.